The van der Waals surface area contributed by atoms with Gasteiger partial charge in [0.25, 0.3) is 5.91 Å². The maximum absolute atomic E-state index is 13.5. The number of likely N-dealkylation sites (tertiary alicyclic amines) is 1. The first-order valence-electron chi connectivity index (χ1n) is 7.25. The highest BCUT2D eigenvalue weighted by atomic mass is 19.1. The molecule has 0 saturated carbocycles. The van der Waals surface area contributed by atoms with Gasteiger partial charge in [0.2, 0.25) is 0 Å². The number of amides is 1. The zero-order valence-electron chi connectivity index (χ0n) is 12.4. The Morgan fingerprint density at radius 2 is 2.24 bits per heavy atom. The second kappa shape index (κ2) is 6.73. The molecule has 2 rings (SSSR count). The van der Waals surface area contributed by atoms with Crippen LogP contribution >= 0.6 is 0 Å². The molecule has 2 unspecified atom stereocenters. The molecular weight excluding hydrogens is 269 g/mol. The minimum atomic E-state index is -0.453. The van der Waals surface area contributed by atoms with E-state index in [1.54, 1.807) is 4.90 Å². The quantitative estimate of drug-likeness (QED) is 0.807. The van der Waals surface area contributed by atoms with Gasteiger partial charge in [-0.3, -0.25) is 4.79 Å². The Balaban J connectivity index is 2.35. The van der Waals surface area contributed by atoms with Gasteiger partial charge < -0.3 is 10.0 Å². The van der Waals surface area contributed by atoms with Crippen LogP contribution in [0.15, 0.2) is 18.2 Å². The molecule has 0 aliphatic carbocycles. The molecule has 1 aliphatic rings. The number of benzene rings is 1. The average Bonchev–Trinajstić information content (AvgIpc) is 2.48. The Bertz CT molecular complexity index is 588. The molecule has 0 aromatic heterocycles. The zero-order chi connectivity index (χ0) is 15.4. The first kappa shape index (κ1) is 15.5. The smallest absolute Gasteiger partial charge is 0.255 e. The zero-order valence-corrected chi connectivity index (χ0v) is 12.4. The summed E-state index contributed by atoms with van der Waals surface area (Å²) in [7, 11) is 0. The second-order valence-corrected chi connectivity index (χ2v) is 5.51. The Morgan fingerprint density at radius 1 is 1.48 bits per heavy atom. The third-order valence-corrected chi connectivity index (χ3v) is 4.15. The first-order chi connectivity index (χ1) is 10.0. The Labute approximate surface area is 124 Å². The van der Waals surface area contributed by atoms with E-state index >= 15 is 0 Å². The van der Waals surface area contributed by atoms with Crippen LogP contribution in [0.5, 0.6) is 0 Å². The van der Waals surface area contributed by atoms with Gasteiger partial charge in [0.1, 0.15) is 12.4 Å². The summed E-state index contributed by atoms with van der Waals surface area (Å²) in [5.41, 5.74) is 0.734. The number of piperidine rings is 1. The van der Waals surface area contributed by atoms with E-state index in [-0.39, 0.29) is 24.1 Å². The van der Waals surface area contributed by atoms with E-state index in [1.807, 2.05) is 6.92 Å². The number of carbonyl (C=O) groups excluding carboxylic acids is 1. The van der Waals surface area contributed by atoms with Crippen LogP contribution in [-0.4, -0.2) is 35.1 Å². The summed E-state index contributed by atoms with van der Waals surface area (Å²) in [6, 6.07) is 4.13. The highest BCUT2D eigenvalue weighted by Gasteiger charge is 2.30. The fraction of sp³-hybridized carbons (Fsp3) is 0.471. The van der Waals surface area contributed by atoms with Crippen molar-refractivity contribution in [3.05, 3.63) is 35.1 Å². The topological polar surface area (TPSA) is 40.5 Å². The van der Waals surface area contributed by atoms with Gasteiger partial charge in [-0.2, -0.15) is 0 Å². The molecule has 1 N–H and O–H groups in total. The van der Waals surface area contributed by atoms with Crippen molar-refractivity contribution in [3.63, 3.8) is 0 Å². The molecule has 1 aromatic rings. The van der Waals surface area contributed by atoms with Crippen LogP contribution in [-0.2, 0) is 0 Å². The van der Waals surface area contributed by atoms with Crippen LogP contribution in [0.3, 0.4) is 0 Å². The number of aliphatic hydroxyl groups excluding tert-OH is 1. The van der Waals surface area contributed by atoms with Crippen molar-refractivity contribution in [2.24, 2.45) is 5.92 Å². The average molecular weight is 289 g/mol. The number of carbonyl (C=O) groups is 1. The molecule has 1 fully saturated rings. The molecule has 2 atom stereocenters. The van der Waals surface area contributed by atoms with Gasteiger partial charge in [-0.15, -0.1) is 0 Å². The predicted molar refractivity (Wildman–Crippen MR) is 79.3 cm³/mol. The molecule has 3 nitrogen and oxygen atoms in total. The minimum absolute atomic E-state index is 0.133. The Morgan fingerprint density at radius 3 is 2.95 bits per heavy atom. The lowest BCUT2D eigenvalue weighted by Crippen LogP contribution is -2.46. The lowest BCUT2D eigenvalue weighted by Gasteiger charge is -2.38. The number of nitrogens with zero attached hydrogens (tertiary/aromatic N) is 1. The fourth-order valence-electron chi connectivity index (χ4n) is 2.71. The van der Waals surface area contributed by atoms with E-state index in [9.17, 15) is 9.18 Å². The summed E-state index contributed by atoms with van der Waals surface area (Å²) in [5, 5.41) is 8.79. The van der Waals surface area contributed by atoms with Crippen molar-refractivity contribution in [2.45, 2.75) is 32.7 Å². The van der Waals surface area contributed by atoms with Crippen LogP contribution in [0.4, 0.5) is 4.39 Å². The molecule has 1 heterocycles. The van der Waals surface area contributed by atoms with Crippen LogP contribution in [0.2, 0.25) is 0 Å². The van der Waals surface area contributed by atoms with Gasteiger partial charge in [-0.25, -0.2) is 4.39 Å². The Hall–Kier alpha value is -1.86. The number of aliphatic hydroxyl groups is 1. The third-order valence-electron chi connectivity index (χ3n) is 4.15. The monoisotopic (exact) mass is 289 g/mol. The summed E-state index contributed by atoms with van der Waals surface area (Å²) in [6.07, 6.45) is 2.06. The van der Waals surface area contributed by atoms with Gasteiger partial charge in [0.05, 0.1) is 5.56 Å². The largest absolute Gasteiger partial charge is 0.384 e. The van der Waals surface area contributed by atoms with Crippen molar-refractivity contribution < 1.29 is 14.3 Å². The molecule has 0 spiro atoms. The molecule has 21 heavy (non-hydrogen) atoms. The van der Waals surface area contributed by atoms with Gasteiger partial charge in [-0.1, -0.05) is 18.8 Å². The summed E-state index contributed by atoms with van der Waals surface area (Å²) in [5.74, 6) is 5.03. The fourth-order valence-corrected chi connectivity index (χ4v) is 2.71. The van der Waals surface area contributed by atoms with Crippen molar-refractivity contribution >= 4 is 5.91 Å². The van der Waals surface area contributed by atoms with E-state index < -0.39 is 5.82 Å². The first-order valence-corrected chi connectivity index (χ1v) is 7.25. The lowest BCUT2D eigenvalue weighted by atomic mass is 9.91. The van der Waals surface area contributed by atoms with Gasteiger partial charge in [0.15, 0.2) is 0 Å². The van der Waals surface area contributed by atoms with Crippen LogP contribution in [0.1, 0.15) is 42.6 Å². The van der Waals surface area contributed by atoms with Gasteiger partial charge >= 0.3 is 0 Å². The predicted octanol–water partition coefficient (Wildman–Crippen LogP) is 2.43. The standard InChI is InChI=1S/C17H20FNO2/c1-12-5-3-9-19(13(12)2)17(21)16-11-15(18)8-7-14(16)6-4-10-20/h7-8,11-13,20H,3,5,9-10H2,1-2H3. The summed E-state index contributed by atoms with van der Waals surface area (Å²) in [6.45, 7) is 4.55. The van der Waals surface area contributed by atoms with E-state index in [2.05, 4.69) is 18.8 Å². The highest BCUT2D eigenvalue weighted by Crippen LogP contribution is 2.25. The number of rotatable bonds is 1. The van der Waals surface area contributed by atoms with Crippen molar-refractivity contribution in [1.82, 2.24) is 4.90 Å². The molecule has 1 aliphatic heterocycles. The summed E-state index contributed by atoms with van der Waals surface area (Å²) >= 11 is 0. The molecule has 0 radical (unpaired) electrons. The maximum atomic E-state index is 13.5. The molecule has 1 aromatic carbocycles. The van der Waals surface area contributed by atoms with E-state index in [4.69, 9.17) is 5.11 Å². The summed E-state index contributed by atoms with van der Waals surface area (Å²) in [4.78, 5) is 14.5. The van der Waals surface area contributed by atoms with Crippen LogP contribution in [0, 0.1) is 23.6 Å². The summed E-state index contributed by atoms with van der Waals surface area (Å²) < 4.78 is 13.5. The number of hydrogen-bond donors (Lipinski definition) is 1. The Kier molecular flexibility index (Phi) is 4.98. The highest BCUT2D eigenvalue weighted by molar-refractivity contribution is 5.97. The maximum Gasteiger partial charge on any atom is 0.255 e. The molecule has 1 amide bonds. The molecule has 4 heteroatoms. The van der Waals surface area contributed by atoms with E-state index in [0.29, 0.717) is 18.0 Å². The molecule has 1 saturated heterocycles. The van der Waals surface area contributed by atoms with E-state index in [1.165, 1.54) is 18.2 Å². The molecule has 112 valence electrons. The third kappa shape index (κ3) is 3.43. The van der Waals surface area contributed by atoms with Gasteiger partial charge in [-0.05, 0) is 43.9 Å². The normalized spacial score (nSPS) is 21.6. The number of hydrogen-bond acceptors (Lipinski definition) is 2. The van der Waals surface area contributed by atoms with Gasteiger partial charge in [0, 0.05) is 18.2 Å². The van der Waals surface area contributed by atoms with Crippen molar-refractivity contribution in [2.75, 3.05) is 13.2 Å². The molecule has 0 bridgehead atoms. The SMILES string of the molecule is CC1CCCN(C(=O)c2cc(F)ccc2C#CCO)C1C. The van der Waals surface area contributed by atoms with Crippen molar-refractivity contribution in [3.8, 4) is 11.8 Å². The second-order valence-electron chi connectivity index (χ2n) is 5.51. The van der Waals surface area contributed by atoms with Crippen LogP contribution in [0.25, 0.3) is 0 Å². The van der Waals surface area contributed by atoms with Crippen molar-refractivity contribution in [1.29, 1.82) is 0 Å². The number of halogens is 1. The molecular formula is C17H20FNO2. The lowest BCUT2D eigenvalue weighted by molar-refractivity contribution is 0.0550. The minimum Gasteiger partial charge on any atom is -0.384 e. The van der Waals surface area contributed by atoms with Crippen LogP contribution < -0.4 is 0 Å². The van der Waals surface area contributed by atoms with E-state index in [0.717, 1.165) is 12.8 Å².